The lowest BCUT2D eigenvalue weighted by Crippen LogP contribution is -2.38. The van der Waals surface area contributed by atoms with Crippen molar-refractivity contribution in [3.8, 4) is 11.5 Å². The number of anilines is 1. The van der Waals surface area contributed by atoms with Gasteiger partial charge >= 0.3 is 0 Å². The molecule has 1 aromatic heterocycles. The van der Waals surface area contributed by atoms with E-state index in [0.717, 1.165) is 54.7 Å². The molecule has 146 valence electrons. The highest BCUT2D eigenvalue weighted by Gasteiger charge is 2.43. The SMILES string of the molecule is CCc1c(C)nn(C)c1NC(=O)C1(c2ccc(OC)c(OC)c2)CCCC1. The summed E-state index contributed by atoms with van der Waals surface area (Å²) < 4.78 is 12.6. The van der Waals surface area contributed by atoms with Crippen molar-refractivity contribution in [1.82, 2.24) is 9.78 Å². The van der Waals surface area contributed by atoms with Crippen LogP contribution in [0.25, 0.3) is 0 Å². The molecule has 1 aliphatic carbocycles. The molecule has 0 saturated heterocycles. The van der Waals surface area contributed by atoms with E-state index in [1.165, 1.54) is 0 Å². The van der Waals surface area contributed by atoms with Crippen molar-refractivity contribution in [2.75, 3.05) is 19.5 Å². The number of aryl methyl sites for hydroxylation is 2. The molecule has 1 heterocycles. The number of aromatic nitrogens is 2. The summed E-state index contributed by atoms with van der Waals surface area (Å²) in [6.45, 7) is 4.06. The van der Waals surface area contributed by atoms with Crippen molar-refractivity contribution >= 4 is 11.7 Å². The third-order valence-corrected chi connectivity index (χ3v) is 5.76. The zero-order valence-corrected chi connectivity index (χ0v) is 16.9. The Balaban J connectivity index is 1.99. The molecule has 0 unspecified atom stereocenters. The van der Waals surface area contributed by atoms with Crippen molar-refractivity contribution in [3.05, 3.63) is 35.0 Å². The van der Waals surface area contributed by atoms with Gasteiger partial charge in [0.25, 0.3) is 0 Å². The van der Waals surface area contributed by atoms with Crippen LogP contribution in [0.15, 0.2) is 18.2 Å². The molecule has 0 radical (unpaired) electrons. The first kappa shape index (κ1) is 19.3. The van der Waals surface area contributed by atoms with Crippen LogP contribution < -0.4 is 14.8 Å². The molecule has 0 bridgehead atoms. The van der Waals surface area contributed by atoms with E-state index >= 15 is 0 Å². The van der Waals surface area contributed by atoms with E-state index in [9.17, 15) is 4.79 Å². The maximum atomic E-state index is 13.5. The highest BCUT2D eigenvalue weighted by molar-refractivity contribution is 5.99. The zero-order valence-electron chi connectivity index (χ0n) is 16.9. The Labute approximate surface area is 160 Å². The van der Waals surface area contributed by atoms with Crippen LogP contribution in [0.1, 0.15) is 49.4 Å². The first-order chi connectivity index (χ1) is 13.0. The van der Waals surface area contributed by atoms with E-state index in [-0.39, 0.29) is 5.91 Å². The lowest BCUT2D eigenvalue weighted by molar-refractivity contribution is -0.121. The van der Waals surface area contributed by atoms with Crippen LogP contribution in [-0.2, 0) is 23.7 Å². The van der Waals surface area contributed by atoms with Crippen LogP contribution >= 0.6 is 0 Å². The summed E-state index contributed by atoms with van der Waals surface area (Å²) in [6.07, 6.45) is 4.55. The summed E-state index contributed by atoms with van der Waals surface area (Å²) in [5.41, 5.74) is 2.48. The Kier molecular flexibility index (Phi) is 5.44. The van der Waals surface area contributed by atoms with E-state index in [0.29, 0.717) is 11.5 Å². The molecular formula is C21H29N3O3. The third kappa shape index (κ3) is 3.29. The minimum Gasteiger partial charge on any atom is -0.493 e. The van der Waals surface area contributed by atoms with E-state index in [2.05, 4.69) is 17.3 Å². The topological polar surface area (TPSA) is 65.4 Å². The summed E-state index contributed by atoms with van der Waals surface area (Å²) in [7, 11) is 5.11. The number of nitrogens with one attached hydrogen (secondary N) is 1. The van der Waals surface area contributed by atoms with Gasteiger partial charge < -0.3 is 14.8 Å². The van der Waals surface area contributed by atoms with Gasteiger partial charge in [0.15, 0.2) is 11.5 Å². The normalized spacial score (nSPS) is 15.6. The van der Waals surface area contributed by atoms with Gasteiger partial charge in [0.05, 0.1) is 25.3 Å². The Morgan fingerprint density at radius 3 is 2.48 bits per heavy atom. The first-order valence-electron chi connectivity index (χ1n) is 9.53. The maximum absolute atomic E-state index is 13.5. The molecule has 2 aromatic rings. The van der Waals surface area contributed by atoms with Gasteiger partial charge in [-0.3, -0.25) is 9.48 Å². The molecule has 27 heavy (non-hydrogen) atoms. The molecule has 1 aliphatic rings. The monoisotopic (exact) mass is 371 g/mol. The van der Waals surface area contributed by atoms with Gasteiger partial charge in [-0.1, -0.05) is 25.8 Å². The third-order valence-electron chi connectivity index (χ3n) is 5.76. The molecule has 1 fully saturated rings. The summed E-state index contributed by atoms with van der Waals surface area (Å²) in [5, 5.41) is 7.66. The van der Waals surface area contributed by atoms with Crippen LogP contribution in [0, 0.1) is 6.92 Å². The number of rotatable bonds is 6. The minimum absolute atomic E-state index is 0.0323. The molecule has 6 heteroatoms. The second-order valence-electron chi connectivity index (χ2n) is 7.20. The van der Waals surface area contributed by atoms with Crippen LogP contribution in [0.2, 0.25) is 0 Å². The number of methoxy groups -OCH3 is 2. The minimum atomic E-state index is -0.553. The fraction of sp³-hybridized carbons (Fsp3) is 0.524. The van der Waals surface area contributed by atoms with Crippen LogP contribution in [0.4, 0.5) is 5.82 Å². The number of nitrogens with zero attached hydrogens (tertiary/aromatic N) is 2. The standard InChI is InChI=1S/C21H29N3O3/c1-6-16-14(2)23-24(3)19(16)22-20(25)21(11-7-8-12-21)15-9-10-17(26-4)18(13-15)27-5/h9-10,13H,6-8,11-12H2,1-5H3,(H,22,25). The molecule has 0 spiro atoms. The van der Waals surface area contributed by atoms with Crippen LogP contribution in [0.3, 0.4) is 0 Å². The van der Waals surface area contributed by atoms with E-state index in [1.807, 2.05) is 32.2 Å². The Morgan fingerprint density at radius 1 is 1.22 bits per heavy atom. The second-order valence-corrected chi connectivity index (χ2v) is 7.20. The largest absolute Gasteiger partial charge is 0.493 e. The molecule has 1 saturated carbocycles. The number of carbonyl (C=O) groups is 1. The van der Waals surface area contributed by atoms with Gasteiger partial charge in [-0.25, -0.2) is 0 Å². The van der Waals surface area contributed by atoms with Gasteiger partial charge in [-0.05, 0) is 43.9 Å². The highest BCUT2D eigenvalue weighted by Crippen LogP contribution is 2.44. The number of carbonyl (C=O) groups excluding carboxylic acids is 1. The van der Waals surface area contributed by atoms with Crippen molar-refractivity contribution in [2.24, 2.45) is 7.05 Å². The Hall–Kier alpha value is -2.50. The van der Waals surface area contributed by atoms with Crippen molar-refractivity contribution in [3.63, 3.8) is 0 Å². The molecule has 1 aromatic carbocycles. The number of amides is 1. The van der Waals surface area contributed by atoms with Gasteiger partial charge in [-0.15, -0.1) is 0 Å². The quantitative estimate of drug-likeness (QED) is 0.840. The average molecular weight is 371 g/mol. The predicted molar refractivity (Wildman–Crippen MR) is 106 cm³/mol. The van der Waals surface area contributed by atoms with E-state index < -0.39 is 5.41 Å². The molecule has 3 rings (SSSR count). The molecule has 6 nitrogen and oxygen atoms in total. The molecule has 1 amide bonds. The molecule has 0 atom stereocenters. The van der Waals surface area contributed by atoms with Gasteiger partial charge in [0.1, 0.15) is 5.82 Å². The number of ether oxygens (including phenoxy) is 2. The van der Waals surface area contributed by atoms with Gasteiger partial charge in [0, 0.05) is 12.6 Å². The van der Waals surface area contributed by atoms with Crippen molar-refractivity contribution < 1.29 is 14.3 Å². The van der Waals surface area contributed by atoms with Gasteiger partial charge in [-0.2, -0.15) is 5.10 Å². The number of benzene rings is 1. The zero-order chi connectivity index (χ0) is 19.6. The van der Waals surface area contributed by atoms with Crippen molar-refractivity contribution in [2.45, 2.75) is 51.4 Å². The second kappa shape index (κ2) is 7.62. The van der Waals surface area contributed by atoms with E-state index in [1.54, 1.807) is 18.9 Å². The lowest BCUT2D eigenvalue weighted by atomic mass is 9.77. The Bertz CT molecular complexity index is 835. The number of hydrogen-bond acceptors (Lipinski definition) is 4. The smallest absolute Gasteiger partial charge is 0.236 e. The lowest BCUT2D eigenvalue weighted by Gasteiger charge is -2.29. The van der Waals surface area contributed by atoms with E-state index in [4.69, 9.17) is 9.47 Å². The highest BCUT2D eigenvalue weighted by atomic mass is 16.5. The summed E-state index contributed by atoms with van der Waals surface area (Å²) in [5.74, 6) is 2.15. The van der Waals surface area contributed by atoms with Crippen LogP contribution in [0.5, 0.6) is 11.5 Å². The predicted octanol–water partition coefficient (Wildman–Crippen LogP) is 3.76. The van der Waals surface area contributed by atoms with Crippen molar-refractivity contribution in [1.29, 1.82) is 0 Å². The molecule has 1 N–H and O–H groups in total. The van der Waals surface area contributed by atoms with Gasteiger partial charge in [0.2, 0.25) is 5.91 Å². The van der Waals surface area contributed by atoms with Crippen LogP contribution in [-0.4, -0.2) is 29.9 Å². The summed E-state index contributed by atoms with van der Waals surface area (Å²) in [6, 6.07) is 5.81. The summed E-state index contributed by atoms with van der Waals surface area (Å²) >= 11 is 0. The Morgan fingerprint density at radius 2 is 1.89 bits per heavy atom. The fourth-order valence-electron chi connectivity index (χ4n) is 4.27. The fourth-order valence-corrected chi connectivity index (χ4v) is 4.27. The maximum Gasteiger partial charge on any atom is 0.236 e. The number of hydrogen-bond donors (Lipinski definition) is 1. The molecular weight excluding hydrogens is 342 g/mol. The molecule has 0 aliphatic heterocycles. The summed E-state index contributed by atoms with van der Waals surface area (Å²) in [4.78, 5) is 13.5. The average Bonchev–Trinajstić information content (AvgIpc) is 3.27. The first-order valence-corrected chi connectivity index (χ1v) is 9.53.